The Labute approximate surface area is 56.9 Å². The maximum absolute atomic E-state index is 9.10. The summed E-state index contributed by atoms with van der Waals surface area (Å²) in [7, 11) is 2.57. The Morgan fingerprint density at radius 2 is 2.00 bits per heavy atom. The van der Waals surface area contributed by atoms with Gasteiger partial charge in [-0.2, -0.15) is 0 Å². The molecule has 9 heavy (non-hydrogen) atoms. The second-order valence-electron chi connectivity index (χ2n) is 1.83. The van der Waals surface area contributed by atoms with Gasteiger partial charge in [-0.3, -0.25) is 0 Å². The van der Waals surface area contributed by atoms with Crippen molar-refractivity contribution in [2.75, 3.05) is 0 Å². The lowest BCUT2D eigenvalue weighted by Crippen LogP contribution is -1.75. The molecule has 0 aliphatic rings. The highest BCUT2D eigenvalue weighted by molar-refractivity contribution is 7.15. The van der Waals surface area contributed by atoms with E-state index < -0.39 is 0 Å². The van der Waals surface area contributed by atoms with Crippen molar-refractivity contribution in [2.24, 2.45) is 0 Å². The topological polar surface area (TPSA) is 20.2 Å². The van der Waals surface area contributed by atoms with Gasteiger partial charge in [-0.05, 0) is 17.8 Å². The van der Waals surface area contributed by atoms with Crippen LogP contribution >= 0.6 is 9.24 Å². The molecule has 0 radical (unpaired) electrons. The molecule has 48 valence electrons. The van der Waals surface area contributed by atoms with Gasteiger partial charge in [0, 0.05) is 0 Å². The number of phenols is 1. The summed E-state index contributed by atoms with van der Waals surface area (Å²) < 4.78 is 0. The molecule has 0 saturated heterocycles. The van der Waals surface area contributed by atoms with E-state index in [1.165, 1.54) is 0 Å². The van der Waals surface area contributed by atoms with Gasteiger partial charge in [0.15, 0.2) is 0 Å². The fraction of sp³-hybridized carbons (Fsp3) is 0.143. The fourth-order valence-corrected chi connectivity index (χ4v) is 1.03. The summed E-state index contributed by atoms with van der Waals surface area (Å²) in [6.45, 7) is 0. The standard InChI is InChI=1S/C7H9OP/c8-7-4-2-1-3-6(7)5-9/h1-4,8H,5,9H2. The predicted molar refractivity (Wildman–Crippen MR) is 41.5 cm³/mol. The molecule has 0 aliphatic heterocycles. The molecule has 0 saturated carbocycles. The molecular weight excluding hydrogens is 131 g/mol. The Morgan fingerprint density at radius 1 is 1.33 bits per heavy atom. The van der Waals surface area contributed by atoms with E-state index in [9.17, 15) is 0 Å². The summed E-state index contributed by atoms with van der Waals surface area (Å²) in [6.07, 6.45) is 0.812. The van der Waals surface area contributed by atoms with E-state index in [-0.39, 0.29) is 0 Å². The minimum Gasteiger partial charge on any atom is -0.508 e. The van der Waals surface area contributed by atoms with E-state index in [1.54, 1.807) is 6.07 Å². The third-order valence-corrected chi connectivity index (χ3v) is 1.65. The molecule has 1 aromatic rings. The summed E-state index contributed by atoms with van der Waals surface area (Å²) in [5.41, 5.74) is 0.975. The van der Waals surface area contributed by atoms with Crippen LogP contribution in [0.15, 0.2) is 24.3 Å². The second-order valence-corrected chi connectivity index (χ2v) is 2.24. The third-order valence-electron chi connectivity index (χ3n) is 1.21. The van der Waals surface area contributed by atoms with E-state index in [1.807, 2.05) is 18.2 Å². The van der Waals surface area contributed by atoms with Gasteiger partial charge >= 0.3 is 0 Å². The molecule has 0 heterocycles. The smallest absolute Gasteiger partial charge is 0.119 e. The molecule has 0 aliphatic carbocycles. The zero-order valence-electron chi connectivity index (χ0n) is 5.04. The number of aromatic hydroxyl groups is 1. The van der Waals surface area contributed by atoms with Gasteiger partial charge < -0.3 is 5.11 Å². The largest absolute Gasteiger partial charge is 0.508 e. The van der Waals surface area contributed by atoms with Gasteiger partial charge in [-0.1, -0.05) is 18.2 Å². The van der Waals surface area contributed by atoms with Crippen LogP contribution < -0.4 is 0 Å². The van der Waals surface area contributed by atoms with Gasteiger partial charge in [-0.15, -0.1) is 9.24 Å². The van der Waals surface area contributed by atoms with Crippen molar-refractivity contribution in [1.82, 2.24) is 0 Å². The van der Waals surface area contributed by atoms with Crippen LogP contribution in [-0.4, -0.2) is 5.11 Å². The molecule has 1 rings (SSSR count). The number of benzene rings is 1. The number of hydrogen-bond donors (Lipinski definition) is 1. The Kier molecular flexibility index (Phi) is 2.07. The first-order valence-corrected chi connectivity index (χ1v) is 3.63. The van der Waals surface area contributed by atoms with Crippen molar-refractivity contribution in [2.45, 2.75) is 6.16 Å². The molecule has 1 unspecified atom stereocenters. The number of para-hydroxylation sites is 1. The van der Waals surface area contributed by atoms with Gasteiger partial charge in [-0.25, -0.2) is 0 Å². The number of hydrogen-bond acceptors (Lipinski definition) is 1. The molecule has 0 aromatic heterocycles. The number of phenolic OH excluding ortho intramolecular Hbond substituents is 1. The van der Waals surface area contributed by atoms with Crippen molar-refractivity contribution < 1.29 is 5.11 Å². The summed E-state index contributed by atoms with van der Waals surface area (Å²) in [6, 6.07) is 7.33. The monoisotopic (exact) mass is 140 g/mol. The Bertz CT molecular complexity index is 198. The van der Waals surface area contributed by atoms with Crippen LogP contribution in [0.1, 0.15) is 5.56 Å². The van der Waals surface area contributed by atoms with E-state index in [2.05, 4.69) is 9.24 Å². The summed E-state index contributed by atoms with van der Waals surface area (Å²) in [4.78, 5) is 0. The van der Waals surface area contributed by atoms with E-state index in [0.717, 1.165) is 11.7 Å². The average molecular weight is 140 g/mol. The van der Waals surface area contributed by atoms with Gasteiger partial charge in [0.1, 0.15) is 5.75 Å². The zero-order valence-corrected chi connectivity index (χ0v) is 6.20. The van der Waals surface area contributed by atoms with Crippen LogP contribution in [0.25, 0.3) is 0 Å². The lowest BCUT2D eigenvalue weighted by Gasteiger charge is -1.96. The van der Waals surface area contributed by atoms with Crippen molar-refractivity contribution in [3.63, 3.8) is 0 Å². The molecule has 1 atom stereocenters. The maximum Gasteiger partial charge on any atom is 0.119 e. The highest BCUT2D eigenvalue weighted by Gasteiger charge is 1.92. The van der Waals surface area contributed by atoms with Gasteiger partial charge in [0.05, 0.1) is 0 Å². The lowest BCUT2D eigenvalue weighted by molar-refractivity contribution is 0.470. The van der Waals surface area contributed by atoms with Crippen LogP contribution in [0, 0.1) is 0 Å². The first-order valence-electron chi connectivity index (χ1n) is 2.81. The Hall–Kier alpha value is -0.550. The summed E-state index contributed by atoms with van der Waals surface area (Å²) >= 11 is 0. The summed E-state index contributed by atoms with van der Waals surface area (Å²) in [5.74, 6) is 0.382. The van der Waals surface area contributed by atoms with E-state index >= 15 is 0 Å². The first-order chi connectivity index (χ1) is 4.34. The van der Waals surface area contributed by atoms with Crippen molar-refractivity contribution in [3.8, 4) is 5.75 Å². The first kappa shape index (κ1) is 6.57. The highest BCUT2D eigenvalue weighted by Crippen LogP contribution is 2.17. The number of rotatable bonds is 1. The predicted octanol–water partition coefficient (Wildman–Crippen LogP) is 1.77. The minimum atomic E-state index is 0.382. The van der Waals surface area contributed by atoms with Crippen LogP contribution in [0.2, 0.25) is 0 Å². The normalized spacial score (nSPS) is 9.44. The highest BCUT2D eigenvalue weighted by atomic mass is 31.0. The van der Waals surface area contributed by atoms with E-state index in [0.29, 0.717) is 5.75 Å². The van der Waals surface area contributed by atoms with Crippen molar-refractivity contribution in [3.05, 3.63) is 29.8 Å². The van der Waals surface area contributed by atoms with Crippen LogP contribution in [-0.2, 0) is 6.16 Å². The summed E-state index contributed by atoms with van der Waals surface area (Å²) in [5, 5.41) is 9.10. The SMILES string of the molecule is Oc1ccccc1CP. The molecule has 0 bridgehead atoms. The average Bonchev–Trinajstić information content (AvgIpc) is 1.89. The second kappa shape index (κ2) is 2.84. The Balaban J connectivity index is 3.01. The lowest BCUT2D eigenvalue weighted by atomic mass is 10.2. The van der Waals surface area contributed by atoms with Crippen molar-refractivity contribution in [1.29, 1.82) is 0 Å². The molecule has 0 spiro atoms. The molecule has 1 aromatic carbocycles. The van der Waals surface area contributed by atoms with Crippen molar-refractivity contribution >= 4 is 9.24 Å². The molecular formula is C7H9OP. The molecule has 0 amide bonds. The van der Waals surface area contributed by atoms with Crippen LogP contribution in [0.3, 0.4) is 0 Å². The van der Waals surface area contributed by atoms with Gasteiger partial charge in [0.2, 0.25) is 0 Å². The Morgan fingerprint density at radius 3 is 2.44 bits per heavy atom. The fourth-order valence-electron chi connectivity index (χ4n) is 0.683. The maximum atomic E-state index is 9.10. The van der Waals surface area contributed by atoms with Gasteiger partial charge in [0.25, 0.3) is 0 Å². The third kappa shape index (κ3) is 1.43. The zero-order chi connectivity index (χ0) is 6.69. The molecule has 2 heteroatoms. The molecule has 1 N–H and O–H groups in total. The minimum absolute atomic E-state index is 0.382. The molecule has 1 nitrogen and oxygen atoms in total. The van der Waals surface area contributed by atoms with Crippen LogP contribution in [0.5, 0.6) is 5.75 Å². The van der Waals surface area contributed by atoms with Crippen LogP contribution in [0.4, 0.5) is 0 Å². The quantitative estimate of drug-likeness (QED) is 0.589. The molecule has 0 fully saturated rings. The van der Waals surface area contributed by atoms with E-state index in [4.69, 9.17) is 5.11 Å².